The van der Waals surface area contributed by atoms with Gasteiger partial charge in [0, 0.05) is 24.7 Å². The van der Waals surface area contributed by atoms with Crippen LogP contribution in [-0.2, 0) is 9.59 Å². The molecule has 1 atom stereocenters. The van der Waals surface area contributed by atoms with Gasteiger partial charge in [0.25, 0.3) is 0 Å². The van der Waals surface area contributed by atoms with Crippen molar-refractivity contribution in [3.05, 3.63) is 66.4 Å². The molecule has 3 aromatic rings. The normalized spacial score (nSPS) is 16.2. The summed E-state index contributed by atoms with van der Waals surface area (Å²) >= 11 is 0. The van der Waals surface area contributed by atoms with Gasteiger partial charge in [-0.15, -0.1) is 0 Å². The predicted molar refractivity (Wildman–Crippen MR) is 121 cm³/mol. The summed E-state index contributed by atoms with van der Waals surface area (Å²) in [5, 5.41) is 3.99. The first-order valence-corrected chi connectivity index (χ1v) is 10.7. The molecule has 0 spiro atoms. The smallest absolute Gasteiger partial charge is 0.229 e. The number of carbonyl (C=O) groups excluding carboxylic acids is 2. The van der Waals surface area contributed by atoms with Gasteiger partial charge in [0.05, 0.1) is 30.1 Å². The van der Waals surface area contributed by atoms with Crippen LogP contribution in [0.3, 0.4) is 0 Å². The van der Waals surface area contributed by atoms with E-state index in [-0.39, 0.29) is 17.7 Å². The minimum absolute atomic E-state index is 0.0263. The Labute approximate surface area is 182 Å². The molecule has 0 bridgehead atoms. The molecular weight excluding hydrogens is 390 g/mol. The topological polar surface area (TPSA) is 71.5 Å². The van der Waals surface area contributed by atoms with Crippen LogP contribution in [0.4, 0.5) is 5.69 Å². The van der Waals surface area contributed by atoms with Gasteiger partial charge < -0.3 is 15.0 Å². The van der Waals surface area contributed by atoms with E-state index in [1.165, 1.54) is 0 Å². The van der Waals surface area contributed by atoms with E-state index in [0.29, 0.717) is 26.1 Å². The number of hydrogen-bond donors (Lipinski definition) is 1. The number of nitrogens with zero attached hydrogens (tertiary/aromatic N) is 2. The van der Waals surface area contributed by atoms with E-state index < -0.39 is 0 Å². The molecule has 2 heterocycles. The fourth-order valence-corrected chi connectivity index (χ4v) is 4.01. The van der Waals surface area contributed by atoms with E-state index in [0.717, 1.165) is 40.7 Å². The second-order valence-electron chi connectivity index (χ2n) is 7.91. The molecule has 1 aliphatic heterocycles. The summed E-state index contributed by atoms with van der Waals surface area (Å²) in [6.07, 6.45) is 3.66. The van der Waals surface area contributed by atoms with Crippen LogP contribution in [0, 0.1) is 12.8 Å². The number of piperidine rings is 1. The van der Waals surface area contributed by atoms with Crippen LogP contribution in [0.1, 0.15) is 24.8 Å². The summed E-state index contributed by atoms with van der Waals surface area (Å²) in [5.74, 6) is 0.511. The van der Waals surface area contributed by atoms with Crippen LogP contribution >= 0.6 is 0 Å². The number of benzene rings is 2. The van der Waals surface area contributed by atoms with Gasteiger partial charge in [-0.25, -0.2) is 0 Å². The lowest BCUT2D eigenvalue weighted by Gasteiger charge is -2.32. The van der Waals surface area contributed by atoms with Crippen molar-refractivity contribution in [2.45, 2.75) is 26.2 Å². The van der Waals surface area contributed by atoms with Gasteiger partial charge in [-0.2, -0.15) is 0 Å². The number of nitrogens with one attached hydrogen (secondary N) is 1. The molecule has 31 heavy (non-hydrogen) atoms. The molecule has 1 aromatic heterocycles. The number of anilines is 1. The maximum absolute atomic E-state index is 13.0. The van der Waals surface area contributed by atoms with E-state index >= 15 is 0 Å². The number of aryl methyl sites for hydroxylation is 1. The number of carbonyl (C=O) groups is 2. The number of hydrogen-bond acceptors (Lipinski definition) is 4. The van der Waals surface area contributed by atoms with Gasteiger partial charge in [-0.3, -0.25) is 14.6 Å². The number of aromatic nitrogens is 1. The Kier molecular flexibility index (Phi) is 6.46. The molecule has 0 radical (unpaired) electrons. The highest BCUT2D eigenvalue weighted by Crippen LogP contribution is 2.26. The number of likely N-dealkylation sites (tertiary alicyclic amines) is 1. The van der Waals surface area contributed by atoms with Crippen molar-refractivity contribution in [1.82, 2.24) is 9.88 Å². The third kappa shape index (κ3) is 5.02. The van der Waals surface area contributed by atoms with Crippen LogP contribution in [0.25, 0.3) is 10.9 Å². The summed E-state index contributed by atoms with van der Waals surface area (Å²) in [7, 11) is 0. The van der Waals surface area contributed by atoms with Gasteiger partial charge in [0.15, 0.2) is 0 Å². The van der Waals surface area contributed by atoms with E-state index in [9.17, 15) is 9.59 Å². The first-order valence-electron chi connectivity index (χ1n) is 10.7. The number of pyridine rings is 1. The molecule has 1 fully saturated rings. The third-order valence-corrected chi connectivity index (χ3v) is 5.70. The molecule has 1 aliphatic rings. The van der Waals surface area contributed by atoms with Gasteiger partial charge in [0.2, 0.25) is 11.8 Å². The second kappa shape index (κ2) is 9.60. The lowest BCUT2D eigenvalue weighted by atomic mass is 9.96. The van der Waals surface area contributed by atoms with Crippen LogP contribution in [0.5, 0.6) is 5.75 Å². The van der Waals surface area contributed by atoms with Crippen molar-refractivity contribution in [3.63, 3.8) is 0 Å². The minimum Gasteiger partial charge on any atom is -0.493 e. The van der Waals surface area contributed by atoms with Gasteiger partial charge in [-0.05, 0) is 55.7 Å². The first kappa shape index (κ1) is 20.8. The molecule has 1 unspecified atom stereocenters. The van der Waals surface area contributed by atoms with Crippen molar-refractivity contribution < 1.29 is 14.3 Å². The van der Waals surface area contributed by atoms with E-state index in [1.807, 2.05) is 61.5 Å². The zero-order valence-corrected chi connectivity index (χ0v) is 17.7. The Morgan fingerprint density at radius 1 is 1.13 bits per heavy atom. The minimum atomic E-state index is -0.222. The Balaban J connectivity index is 1.34. The van der Waals surface area contributed by atoms with Gasteiger partial charge in [0.1, 0.15) is 5.75 Å². The van der Waals surface area contributed by atoms with Crippen molar-refractivity contribution in [2.24, 2.45) is 5.92 Å². The maximum Gasteiger partial charge on any atom is 0.229 e. The maximum atomic E-state index is 13.0. The zero-order valence-electron chi connectivity index (χ0n) is 17.7. The Morgan fingerprint density at radius 3 is 2.81 bits per heavy atom. The molecule has 4 rings (SSSR count). The van der Waals surface area contributed by atoms with Crippen molar-refractivity contribution in [2.75, 3.05) is 25.0 Å². The monoisotopic (exact) mass is 417 g/mol. The van der Waals surface area contributed by atoms with Crippen molar-refractivity contribution >= 4 is 28.4 Å². The molecule has 0 aliphatic carbocycles. The largest absolute Gasteiger partial charge is 0.493 e. The summed E-state index contributed by atoms with van der Waals surface area (Å²) < 4.78 is 5.64. The lowest BCUT2D eigenvalue weighted by molar-refractivity contribution is -0.135. The lowest BCUT2D eigenvalue weighted by Crippen LogP contribution is -2.44. The average Bonchev–Trinajstić information content (AvgIpc) is 2.82. The number of para-hydroxylation sites is 1. The van der Waals surface area contributed by atoms with E-state index in [2.05, 4.69) is 10.3 Å². The van der Waals surface area contributed by atoms with Crippen molar-refractivity contribution in [3.8, 4) is 5.75 Å². The molecule has 6 nitrogen and oxygen atoms in total. The van der Waals surface area contributed by atoms with E-state index in [4.69, 9.17) is 4.74 Å². The van der Waals surface area contributed by atoms with Gasteiger partial charge >= 0.3 is 0 Å². The molecule has 2 aromatic carbocycles. The Morgan fingerprint density at radius 2 is 1.97 bits per heavy atom. The second-order valence-corrected chi connectivity index (χ2v) is 7.91. The SMILES string of the molecule is Cc1ccc(NC(=O)C2CCCN(C(=O)CCOc3ccccc3)C2)c2cccnc12. The highest BCUT2D eigenvalue weighted by molar-refractivity contribution is 6.02. The quantitative estimate of drug-likeness (QED) is 0.653. The Hall–Kier alpha value is -3.41. The number of rotatable bonds is 6. The molecule has 160 valence electrons. The van der Waals surface area contributed by atoms with Crippen LogP contribution in [0.2, 0.25) is 0 Å². The fraction of sp³-hybridized carbons (Fsp3) is 0.320. The molecule has 2 amide bonds. The van der Waals surface area contributed by atoms with E-state index in [1.54, 1.807) is 11.1 Å². The highest BCUT2D eigenvalue weighted by Gasteiger charge is 2.28. The third-order valence-electron chi connectivity index (χ3n) is 5.70. The number of fused-ring (bicyclic) bond motifs is 1. The van der Waals surface area contributed by atoms with Crippen LogP contribution < -0.4 is 10.1 Å². The molecule has 1 saturated heterocycles. The highest BCUT2D eigenvalue weighted by atomic mass is 16.5. The predicted octanol–water partition coefficient (Wildman–Crippen LogP) is 4.19. The Bertz CT molecular complexity index is 1070. The molecule has 0 saturated carbocycles. The molecule has 1 N–H and O–H groups in total. The van der Waals surface area contributed by atoms with Crippen LogP contribution in [-0.4, -0.2) is 41.4 Å². The van der Waals surface area contributed by atoms with Crippen LogP contribution in [0.15, 0.2) is 60.8 Å². The molecule has 6 heteroatoms. The summed E-state index contributed by atoms with van der Waals surface area (Å²) in [5.41, 5.74) is 2.72. The fourth-order valence-electron chi connectivity index (χ4n) is 4.01. The summed E-state index contributed by atoms with van der Waals surface area (Å²) in [4.78, 5) is 31.8. The standard InChI is InChI=1S/C25H27N3O3/c1-18-11-12-22(21-10-5-14-26-24(18)21)27-25(30)19-7-6-15-28(17-19)23(29)13-16-31-20-8-3-2-4-9-20/h2-5,8-12,14,19H,6-7,13,15-17H2,1H3,(H,27,30). The summed E-state index contributed by atoms with van der Waals surface area (Å²) in [6, 6.07) is 17.2. The average molecular weight is 418 g/mol. The zero-order chi connectivity index (χ0) is 21.6. The molecular formula is C25H27N3O3. The summed E-state index contributed by atoms with van der Waals surface area (Å²) in [6.45, 7) is 3.47. The van der Waals surface area contributed by atoms with Crippen molar-refractivity contribution in [1.29, 1.82) is 0 Å². The number of ether oxygens (including phenoxy) is 1. The van der Waals surface area contributed by atoms with Gasteiger partial charge in [-0.1, -0.05) is 24.3 Å². The first-order chi connectivity index (χ1) is 15.1. The number of amides is 2.